The molecule has 24 heavy (non-hydrogen) atoms. The van der Waals surface area contributed by atoms with Crippen LogP contribution in [0.2, 0.25) is 0 Å². The SMILES string of the molecule is C=CCCCCCN(C)C(=NCCNC(=O)c1ccco1)NCC. The van der Waals surface area contributed by atoms with Gasteiger partial charge in [-0.1, -0.05) is 12.5 Å². The molecule has 1 heterocycles. The normalized spacial score (nSPS) is 11.2. The number of carbonyl (C=O) groups is 1. The molecule has 0 saturated carbocycles. The van der Waals surface area contributed by atoms with E-state index in [1.165, 1.54) is 19.1 Å². The Bertz CT molecular complexity index is 497. The van der Waals surface area contributed by atoms with Crippen LogP contribution in [0.15, 0.2) is 40.5 Å². The van der Waals surface area contributed by atoms with Crippen molar-refractivity contribution >= 4 is 11.9 Å². The van der Waals surface area contributed by atoms with Crippen molar-refractivity contribution in [3.63, 3.8) is 0 Å². The fourth-order valence-corrected chi connectivity index (χ4v) is 2.22. The van der Waals surface area contributed by atoms with Gasteiger partial charge in [0.2, 0.25) is 0 Å². The summed E-state index contributed by atoms with van der Waals surface area (Å²) < 4.78 is 5.05. The third-order valence-electron chi connectivity index (χ3n) is 3.50. The minimum Gasteiger partial charge on any atom is -0.459 e. The van der Waals surface area contributed by atoms with Crippen molar-refractivity contribution < 1.29 is 9.21 Å². The number of hydrogen-bond acceptors (Lipinski definition) is 3. The van der Waals surface area contributed by atoms with Crippen LogP contribution in [-0.2, 0) is 0 Å². The minimum absolute atomic E-state index is 0.212. The molecule has 2 N–H and O–H groups in total. The Labute approximate surface area is 145 Å². The molecule has 6 heteroatoms. The summed E-state index contributed by atoms with van der Waals surface area (Å²) >= 11 is 0. The molecule has 0 aliphatic rings. The lowest BCUT2D eigenvalue weighted by atomic mass is 10.2. The summed E-state index contributed by atoms with van der Waals surface area (Å²) in [6.07, 6.45) is 8.03. The zero-order chi connectivity index (χ0) is 17.6. The third kappa shape index (κ3) is 7.85. The summed E-state index contributed by atoms with van der Waals surface area (Å²) in [5.74, 6) is 0.978. The molecule has 0 unspecified atom stereocenters. The van der Waals surface area contributed by atoms with Gasteiger partial charge in [-0.05, 0) is 38.3 Å². The van der Waals surface area contributed by atoms with Gasteiger partial charge in [0.25, 0.3) is 5.91 Å². The van der Waals surface area contributed by atoms with Gasteiger partial charge in [0.1, 0.15) is 0 Å². The number of amides is 1. The molecule has 0 fully saturated rings. The molecule has 0 aliphatic heterocycles. The average molecular weight is 334 g/mol. The van der Waals surface area contributed by atoms with Gasteiger partial charge < -0.3 is 20.0 Å². The first kappa shape index (κ1) is 19.8. The van der Waals surface area contributed by atoms with E-state index in [2.05, 4.69) is 27.1 Å². The van der Waals surface area contributed by atoms with E-state index in [9.17, 15) is 4.79 Å². The molecule has 0 aliphatic carbocycles. The largest absolute Gasteiger partial charge is 0.459 e. The van der Waals surface area contributed by atoms with Crippen molar-refractivity contribution in [1.29, 1.82) is 0 Å². The van der Waals surface area contributed by atoms with E-state index in [-0.39, 0.29) is 5.91 Å². The van der Waals surface area contributed by atoms with Crippen molar-refractivity contribution in [3.05, 3.63) is 36.8 Å². The summed E-state index contributed by atoms with van der Waals surface area (Å²) in [6, 6.07) is 3.34. The molecule has 0 spiro atoms. The number of unbranched alkanes of at least 4 members (excludes halogenated alkanes) is 3. The zero-order valence-corrected chi connectivity index (χ0v) is 14.9. The maximum atomic E-state index is 11.8. The number of hydrogen-bond donors (Lipinski definition) is 2. The smallest absolute Gasteiger partial charge is 0.287 e. The van der Waals surface area contributed by atoms with Gasteiger partial charge in [-0.3, -0.25) is 9.79 Å². The van der Waals surface area contributed by atoms with Gasteiger partial charge in [-0.15, -0.1) is 6.58 Å². The number of aliphatic imine (C=N–C) groups is 1. The predicted molar refractivity (Wildman–Crippen MR) is 98.3 cm³/mol. The molecule has 6 nitrogen and oxygen atoms in total. The van der Waals surface area contributed by atoms with Crippen LogP contribution in [0.25, 0.3) is 0 Å². The highest BCUT2D eigenvalue weighted by molar-refractivity contribution is 5.91. The average Bonchev–Trinajstić information content (AvgIpc) is 3.11. The van der Waals surface area contributed by atoms with Crippen molar-refractivity contribution in [1.82, 2.24) is 15.5 Å². The van der Waals surface area contributed by atoms with Crippen LogP contribution in [0, 0.1) is 0 Å². The third-order valence-corrected chi connectivity index (χ3v) is 3.50. The van der Waals surface area contributed by atoms with E-state index in [0.717, 1.165) is 31.9 Å². The lowest BCUT2D eigenvalue weighted by Gasteiger charge is -2.22. The van der Waals surface area contributed by atoms with Crippen molar-refractivity contribution in [2.45, 2.75) is 32.6 Å². The van der Waals surface area contributed by atoms with E-state index in [0.29, 0.717) is 18.8 Å². The molecule has 0 bridgehead atoms. The van der Waals surface area contributed by atoms with Crippen LogP contribution >= 0.6 is 0 Å². The number of guanidine groups is 1. The highest BCUT2D eigenvalue weighted by atomic mass is 16.3. The van der Waals surface area contributed by atoms with Crippen LogP contribution in [0.1, 0.15) is 43.2 Å². The Hall–Kier alpha value is -2.24. The van der Waals surface area contributed by atoms with Gasteiger partial charge >= 0.3 is 0 Å². The standard InChI is InChI=1S/C18H30N4O2/c1-4-6-7-8-9-14-22(3)18(19-5-2)21-13-12-20-17(23)16-11-10-15-24-16/h4,10-11,15H,1,5-9,12-14H2,2-3H3,(H,19,21)(H,20,23). The second-order valence-electron chi connectivity index (χ2n) is 5.53. The number of furan rings is 1. The lowest BCUT2D eigenvalue weighted by molar-refractivity contribution is 0.0927. The molecular weight excluding hydrogens is 304 g/mol. The number of nitrogens with zero attached hydrogens (tertiary/aromatic N) is 2. The van der Waals surface area contributed by atoms with Gasteiger partial charge in [0.05, 0.1) is 12.8 Å². The Morgan fingerprint density at radius 1 is 1.38 bits per heavy atom. The van der Waals surface area contributed by atoms with Crippen LogP contribution in [-0.4, -0.2) is 50.0 Å². The van der Waals surface area contributed by atoms with Gasteiger partial charge in [0.15, 0.2) is 11.7 Å². The summed E-state index contributed by atoms with van der Waals surface area (Å²) in [6.45, 7) is 8.56. The molecule has 1 rings (SSSR count). The predicted octanol–water partition coefficient (Wildman–Crippen LogP) is 2.65. The topological polar surface area (TPSA) is 69.9 Å². The van der Waals surface area contributed by atoms with E-state index >= 15 is 0 Å². The number of carbonyl (C=O) groups excluding carboxylic acids is 1. The van der Waals surface area contributed by atoms with Gasteiger partial charge in [0, 0.05) is 26.7 Å². The van der Waals surface area contributed by atoms with E-state index in [1.54, 1.807) is 12.1 Å². The quantitative estimate of drug-likeness (QED) is 0.282. The summed E-state index contributed by atoms with van der Waals surface area (Å²) in [4.78, 5) is 18.4. The monoisotopic (exact) mass is 334 g/mol. The van der Waals surface area contributed by atoms with Crippen molar-refractivity contribution in [2.75, 3.05) is 33.2 Å². The highest BCUT2D eigenvalue weighted by Crippen LogP contribution is 2.02. The van der Waals surface area contributed by atoms with Gasteiger partial charge in [-0.2, -0.15) is 0 Å². The maximum absolute atomic E-state index is 11.8. The van der Waals surface area contributed by atoms with E-state index in [1.807, 2.05) is 20.0 Å². The van der Waals surface area contributed by atoms with Crippen LogP contribution < -0.4 is 10.6 Å². The van der Waals surface area contributed by atoms with Crippen molar-refractivity contribution in [2.24, 2.45) is 4.99 Å². The van der Waals surface area contributed by atoms with Crippen molar-refractivity contribution in [3.8, 4) is 0 Å². The molecule has 1 aromatic rings. The Morgan fingerprint density at radius 2 is 2.21 bits per heavy atom. The Morgan fingerprint density at radius 3 is 2.88 bits per heavy atom. The molecule has 0 atom stereocenters. The fraction of sp³-hybridized carbons (Fsp3) is 0.556. The Kier molecular flexibility index (Phi) is 10.1. The summed E-state index contributed by atoms with van der Waals surface area (Å²) in [5.41, 5.74) is 0. The minimum atomic E-state index is -0.212. The van der Waals surface area contributed by atoms with E-state index < -0.39 is 0 Å². The van der Waals surface area contributed by atoms with Crippen LogP contribution in [0.3, 0.4) is 0 Å². The molecule has 1 aromatic heterocycles. The first-order valence-corrected chi connectivity index (χ1v) is 8.61. The number of rotatable bonds is 11. The first-order chi connectivity index (χ1) is 11.7. The van der Waals surface area contributed by atoms with Gasteiger partial charge in [-0.25, -0.2) is 0 Å². The van der Waals surface area contributed by atoms with Crippen LogP contribution in [0.5, 0.6) is 0 Å². The van der Waals surface area contributed by atoms with Crippen LogP contribution in [0.4, 0.5) is 0 Å². The second-order valence-corrected chi connectivity index (χ2v) is 5.53. The lowest BCUT2D eigenvalue weighted by Crippen LogP contribution is -2.40. The Balaban J connectivity index is 2.32. The number of allylic oxidation sites excluding steroid dienone is 1. The zero-order valence-electron chi connectivity index (χ0n) is 14.9. The number of nitrogens with one attached hydrogen (secondary N) is 2. The molecule has 1 amide bonds. The molecule has 0 saturated heterocycles. The highest BCUT2D eigenvalue weighted by Gasteiger charge is 2.07. The second kappa shape index (κ2) is 12.2. The molecule has 134 valence electrons. The fourth-order valence-electron chi connectivity index (χ4n) is 2.22. The maximum Gasteiger partial charge on any atom is 0.287 e. The molecular formula is C18H30N4O2. The molecule has 0 radical (unpaired) electrons. The van der Waals surface area contributed by atoms with E-state index in [4.69, 9.17) is 4.42 Å². The summed E-state index contributed by atoms with van der Waals surface area (Å²) in [5, 5.41) is 6.07. The summed E-state index contributed by atoms with van der Waals surface area (Å²) in [7, 11) is 2.04. The molecule has 0 aromatic carbocycles. The first-order valence-electron chi connectivity index (χ1n) is 8.61.